The number of hydrogen-bond acceptors (Lipinski definition) is 11. The highest BCUT2D eigenvalue weighted by molar-refractivity contribution is 8.00. The maximum Gasteiger partial charge on any atom is 0.316 e. The number of β-lactam (4-membered cyclic amide) rings is 1. The Bertz CT molecular complexity index is 1370. The molecule has 1 saturated heterocycles. The molecule has 0 saturated carbocycles. The maximum absolute atomic E-state index is 12.8. The fourth-order valence-corrected chi connectivity index (χ4v) is 5.61. The monoisotopic (exact) mass is 544 g/mol. The van der Waals surface area contributed by atoms with Crippen LogP contribution in [0.3, 0.4) is 0 Å². The highest BCUT2D eigenvalue weighted by Gasteiger charge is 2.53. The third-order valence-electron chi connectivity index (χ3n) is 5.32. The van der Waals surface area contributed by atoms with E-state index < -0.39 is 40.9 Å². The molecule has 4 rings (SSSR count). The molecular formula is C21H20N8O6S2. The molecule has 37 heavy (non-hydrogen) atoms. The van der Waals surface area contributed by atoms with E-state index in [1.807, 2.05) is 0 Å². The van der Waals surface area contributed by atoms with Gasteiger partial charge in [0, 0.05) is 17.2 Å². The highest BCUT2D eigenvalue weighted by Crippen LogP contribution is 2.40. The Morgan fingerprint density at radius 1 is 1.41 bits per heavy atom. The summed E-state index contributed by atoms with van der Waals surface area (Å²) in [6.45, 7) is 0.337. The second kappa shape index (κ2) is 10.7. The Hall–Kier alpha value is -4.44. The van der Waals surface area contributed by atoms with Gasteiger partial charge in [-0.1, -0.05) is 11.2 Å². The minimum absolute atomic E-state index is 0.0407. The summed E-state index contributed by atoms with van der Waals surface area (Å²) in [6, 6.07) is 1.62. The number of aliphatic carboxylic acids is 1. The van der Waals surface area contributed by atoms with Gasteiger partial charge in [0.1, 0.15) is 22.8 Å². The number of nitrogen functional groups attached to an aromatic ring is 1. The highest BCUT2D eigenvalue weighted by atomic mass is 32.2. The number of fused-ring (bicyclic) bond motifs is 1. The quantitative estimate of drug-likeness (QED) is 0.0843. The molecule has 192 valence electrons. The molecule has 0 aromatic carbocycles. The van der Waals surface area contributed by atoms with Gasteiger partial charge in [0.05, 0.1) is 11.7 Å². The van der Waals surface area contributed by atoms with Gasteiger partial charge in [-0.05, 0) is 17.7 Å². The van der Waals surface area contributed by atoms with Crippen LogP contribution in [0.4, 0.5) is 15.6 Å². The number of oxime groups is 1. The summed E-state index contributed by atoms with van der Waals surface area (Å²) in [4.78, 5) is 53.3. The van der Waals surface area contributed by atoms with Crippen LogP contribution in [-0.2, 0) is 20.9 Å². The summed E-state index contributed by atoms with van der Waals surface area (Å²) in [7, 11) is 0. The third kappa shape index (κ3) is 5.39. The lowest BCUT2D eigenvalue weighted by atomic mass is 10.0. The molecule has 1 fully saturated rings. The van der Waals surface area contributed by atoms with Gasteiger partial charge in [0.15, 0.2) is 29.8 Å². The van der Waals surface area contributed by atoms with Crippen molar-refractivity contribution < 1.29 is 34.1 Å². The van der Waals surface area contributed by atoms with E-state index in [1.165, 1.54) is 17.1 Å². The Kier molecular flexibility index (Phi) is 7.40. The number of nitrogens with zero attached hydrogens (tertiary/aromatic N) is 4. The Morgan fingerprint density at radius 2 is 2.19 bits per heavy atom. The number of nitrogens with one attached hydrogen (secondary N) is 2. The average Bonchev–Trinajstić information content (AvgIpc) is 3.27. The smallest absolute Gasteiger partial charge is 0.316 e. The first-order valence-corrected chi connectivity index (χ1v) is 12.5. The SMILES string of the molecule is NC(=O)Nc1ccc[n+](C/C=C/C2=C(C(=O)[O-])N3C(=O)[C@@H](NC(=O)C(=NO)c4csc(N)n4)[C@@H]3SC2)c1. The molecule has 2 aliphatic rings. The van der Waals surface area contributed by atoms with Crippen molar-refractivity contribution in [3.05, 3.63) is 59.0 Å². The molecule has 0 bridgehead atoms. The zero-order chi connectivity index (χ0) is 26.7. The lowest BCUT2D eigenvalue weighted by molar-refractivity contribution is -0.686. The van der Waals surface area contributed by atoms with Crippen LogP contribution in [0, 0.1) is 0 Å². The van der Waals surface area contributed by atoms with Crippen molar-refractivity contribution in [2.45, 2.75) is 18.0 Å². The van der Waals surface area contributed by atoms with Gasteiger partial charge in [0.2, 0.25) is 0 Å². The van der Waals surface area contributed by atoms with Crippen molar-refractivity contribution in [3.63, 3.8) is 0 Å². The number of urea groups is 1. The van der Waals surface area contributed by atoms with Gasteiger partial charge >= 0.3 is 6.03 Å². The van der Waals surface area contributed by atoms with Gasteiger partial charge in [-0.25, -0.2) is 9.78 Å². The van der Waals surface area contributed by atoms with Gasteiger partial charge in [-0.15, -0.1) is 23.1 Å². The number of aromatic nitrogens is 2. The number of carboxylic acids is 1. The van der Waals surface area contributed by atoms with Crippen LogP contribution >= 0.6 is 23.1 Å². The van der Waals surface area contributed by atoms with Gasteiger partial charge < -0.3 is 37.2 Å². The first kappa shape index (κ1) is 25.6. The number of carbonyl (C=O) groups is 4. The van der Waals surface area contributed by atoms with Crippen LogP contribution in [0.1, 0.15) is 5.69 Å². The molecule has 16 heteroatoms. The molecule has 2 atom stereocenters. The molecule has 4 heterocycles. The van der Waals surface area contributed by atoms with Crippen LogP contribution in [0.5, 0.6) is 0 Å². The number of carboxylic acid groups (broad SMARTS) is 1. The summed E-state index contributed by atoms with van der Waals surface area (Å²) < 4.78 is 1.73. The number of rotatable bonds is 8. The second-order valence-corrected chi connectivity index (χ2v) is 9.72. The Labute approximate surface area is 217 Å². The number of nitrogens with two attached hydrogens (primary N) is 2. The van der Waals surface area contributed by atoms with E-state index in [4.69, 9.17) is 11.5 Å². The normalized spacial score (nSPS) is 19.4. The fraction of sp³-hybridized carbons (Fsp3) is 0.190. The largest absolute Gasteiger partial charge is 0.543 e. The number of carbonyl (C=O) groups excluding carboxylic acids is 4. The number of amides is 4. The molecule has 2 aliphatic heterocycles. The number of thioether (sulfide) groups is 1. The number of anilines is 2. The second-order valence-electron chi connectivity index (χ2n) is 7.72. The first-order valence-electron chi connectivity index (χ1n) is 10.5. The molecule has 0 aliphatic carbocycles. The van der Waals surface area contributed by atoms with Crippen LogP contribution in [-0.4, -0.2) is 61.8 Å². The van der Waals surface area contributed by atoms with Crippen molar-refractivity contribution in [1.29, 1.82) is 0 Å². The summed E-state index contributed by atoms with van der Waals surface area (Å²) >= 11 is 2.30. The standard InChI is InChI=1S/C21H20N8O6S2/c22-20(34)24-11-4-2-6-28(7-11)5-1-3-10-8-36-18-14(17(31)29(18)15(10)19(32)33)26-16(30)13(27-35)12-9-37-21(23)25-12/h1-4,6-7,9,14,18H,5,8H2,(H7-,22,23,24,25,26,30,32,33,34,35)/b3-1+/t14-,18+/m1/s1. The summed E-state index contributed by atoms with van der Waals surface area (Å²) in [5.74, 6) is -2.80. The lowest BCUT2D eigenvalue weighted by Gasteiger charge is -2.50. The van der Waals surface area contributed by atoms with Crippen molar-refractivity contribution >= 4 is 63.4 Å². The van der Waals surface area contributed by atoms with E-state index in [0.717, 1.165) is 16.2 Å². The number of hydrogen-bond donors (Lipinski definition) is 5. The number of pyridine rings is 1. The summed E-state index contributed by atoms with van der Waals surface area (Å²) in [5.41, 5.74) is 10.9. The molecule has 0 radical (unpaired) electrons. The zero-order valence-electron chi connectivity index (χ0n) is 18.9. The molecule has 7 N–H and O–H groups in total. The number of primary amides is 1. The predicted octanol–water partition coefficient (Wildman–Crippen LogP) is -1.66. The van der Waals surface area contributed by atoms with E-state index in [9.17, 15) is 29.5 Å². The van der Waals surface area contributed by atoms with E-state index in [-0.39, 0.29) is 22.3 Å². The van der Waals surface area contributed by atoms with Crippen LogP contribution < -0.4 is 31.8 Å². The van der Waals surface area contributed by atoms with E-state index in [1.54, 1.807) is 41.2 Å². The zero-order valence-corrected chi connectivity index (χ0v) is 20.5. The Balaban J connectivity index is 1.46. The van der Waals surface area contributed by atoms with Gasteiger partial charge in [-0.3, -0.25) is 14.5 Å². The van der Waals surface area contributed by atoms with Crippen molar-refractivity contribution in [2.24, 2.45) is 10.9 Å². The van der Waals surface area contributed by atoms with Crippen LogP contribution in [0.25, 0.3) is 0 Å². The van der Waals surface area contributed by atoms with Crippen molar-refractivity contribution in [1.82, 2.24) is 15.2 Å². The predicted molar refractivity (Wildman–Crippen MR) is 131 cm³/mol. The first-order chi connectivity index (χ1) is 17.7. The van der Waals surface area contributed by atoms with Crippen molar-refractivity contribution in [3.8, 4) is 0 Å². The van der Waals surface area contributed by atoms with Gasteiger partial charge in [-0.2, -0.15) is 4.57 Å². The fourth-order valence-electron chi connectivity index (χ4n) is 3.75. The molecule has 2 aromatic rings. The van der Waals surface area contributed by atoms with E-state index >= 15 is 0 Å². The minimum atomic E-state index is -1.53. The molecule has 4 amide bonds. The third-order valence-corrected chi connectivity index (χ3v) is 7.29. The maximum atomic E-state index is 12.8. The molecular weight excluding hydrogens is 524 g/mol. The molecule has 0 spiro atoms. The van der Waals surface area contributed by atoms with E-state index in [0.29, 0.717) is 17.8 Å². The van der Waals surface area contributed by atoms with Crippen LogP contribution in [0.2, 0.25) is 0 Å². The van der Waals surface area contributed by atoms with Crippen molar-refractivity contribution in [2.75, 3.05) is 16.8 Å². The molecule has 0 unspecified atom stereocenters. The average molecular weight is 545 g/mol. The van der Waals surface area contributed by atoms with E-state index in [2.05, 4.69) is 20.8 Å². The number of thiazole rings is 1. The van der Waals surface area contributed by atoms with Gasteiger partial charge in [0.25, 0.3) is 11.8 Å². The molecule has 2 aromatic heterocycles. The Morgan fingerprint density at radius 3 is 2.84 bits per heavy atom. The molecule has 14 nitrogen and oxygen atoms in total. The van der Waals surface area contributed by atoms with Crippen LogP contribution in [0.15, 0.2) is 58.5 Å². The lowest BCUT2D eigenvalue weighted by Crippen LogP contribution is -2.71. The summed E-state index contributed by atoms with van der Waals surface area (Å²) in [6.07, 6.45) is 6.66. The minimum Gasteiger partial charge on any atom is -0.543 e. The topological polar surface area (TPSA) is 220 Å². The summed E-state index contributed by atoms with van der Waals surface area (Å²) in [5, 5.41) is 30.0. The number of allylic oxidation sites excluding steroid dienone is 2.